The van der Waals surface area contributed by atoms with Crippen LogP contribution in [0.25, 0.3) is 0 Å². The van der Waals surface area contributed by atoms with E-state index in [1.807, 2.05) is 0 Å². The highest BCUT2D eigenvalue weighted by atomic mass is 79.9. The number of hydrogen-bond donors (Lipinski definition) is 1. The Balaban J connectivity index is 2.60. The molecule has 1 amide bonds. The lowest BCUT2D eigenvalue weighted by molar-refractivity contribution is 0.0948. The fourth-order valence-corrected chi connectivity index (χ4v) is 3.17. The van der Waals surface area contributed by atoms with Crippen molar-refractivity contribution in [2.24, 2.45) is 5.92 Å². The maximum Gasteiger partial charge on any atom is 0.254 e. The maximum atomic E-state index is 13.6. The molecule has 0 fully saturated rings. The summed E-state index contributed by atoms with van der Waals surface area (Å²) in [5, 5.41) is 2.77. The molecule has 0 bridgehead atoms. The molecule has 1 N–H and O–H groups in total. The molecule has 1 aromatic carbocycles. The number of alkyl halides is 1. The molecule has 0 aliphatic carbocycles. The smallest absolute Gasteiger partial charge is 0.254 e. The van der Waals surface area contributed by atoms with Crippen LogP contribution in [0.2, 0.25) is 0 Å². The minimum Gasteiger partial charge on any atom is -0.351 e. The van der Waals surface area contributed by atoms with Crippen LogP contribution in [0.1, 0.15) is 37.0 Å². The molecule has 0 aliphatic heterocycles. The molecule has 1 atom stereocenters. The number of hydrogen-bond acceptors (Lipinski definition) is 1. The van der Waals surface area contributed by atoms with Crippen molar-refractivity contribution in [3.05, 3.63) is 34.1 Å². The summed E-state index contributed by atoms with van der Waals surface area (Å²) in [5.41, 5.74) is 0.0763. The van der Waals surface area contributed by atoms with E-state index in [2.05, 4.69) is 51.0 Å². The average molecular weight is 395 g/mol. The van der Waals surface area contributed by atoms with Gasteiger partial charge in [0.2, 0.25) is 0 Å². The Bertz CT molecular complexity index is 435. The monoisotopic (exact) mass is 393 g/mol. The van der Waals surface area contributed by atoms with Crippen molar-refractivity contribution < 1.29 is 9.18 Å². The zero-order valence-corrected chi connectivity index (χ0v) is 14.2. The number of carbonyl (C=O) groups excluding carboxylic acids is 1. The minimum atomic E-state index is -0.513. The van der Waals surface area contributed by atoms with Gasteiger partial charge in [-0.25, -0.2) is 4.39 Å². The topological polar surface area (TPSA) is 29.1 Å². The van der Waals surface area contributed by atoms with Crippen LogP contribution in [-0.2, 0) is 0 Å². The van der Waals surface area contributed by atoms with Crippen molar-refractivity contribution in [1.82, 2.24) is 5.32 Å². The SMILES string of the molecule is CCC(CC)C(Br)CNC(=O)c1ccc(Br)cc1F. The second-order valence-electron chi connectivity index (χ2n) is 4.43. The molecular weight excluding hydrogens is 377 g/mol. The third-order valence-electron chi connectivity index (χ3n) is 3.19. The van der Waals surface area contributed by atoms with Gasteiger partial charge < -0.3 is 5.32 Å². The van der Waals surface area contributed by atoms with Gasteiger partial charge in [-0.1, -0.05) is 58.5 Å². The number of carbonyl (C=O) groups is 1. The van der Waals surface area contributed by atoms with Crippen molar-refractivity contribution in [2.45, 2.75) is 31.5 Å². The molecule has 0 spiro atoms. The number of benzene rings is 1. The molecule has 0 heterocycles. The van der Waals surface area contributed by atoms with Crippen LogP contribution in [0.3, 0.4) is 0 Å². The fourth-order valence-electron chi connectivity index (χ4n) is 1.93. The van der Waals surface area contributed by atoms with Gasteiger partial charge >= 0.3 is 0 Å². The van der Waals surface area contributed by atoms with Gasteiger partial charge in [-0.15, -0.1) is 0 Å². The Morgan fingerprint density at radius 2 is 2.00 bits per heavy atom. The molecule has 0 radical (unpaired) electrons. The van der Waals surface area contributed by atoms with Gasteiger partial charge in [-0.05, 0) is 24.1 Å². The second kappa shape index (κ2) is 8.00. The molecule has 0 saturated heterocycles. The van der Waals surface area contributed by atoms with Crippen molar-refractivity contribution in [2.75, 3.05) is 6.54 Å². The van der Waals surface area contributed by atoms with Crippen molar-refractivity contribution in [3.8, 4) is 0 Å². The van der Waals surface area contributed by atoms with Crippen molar-refractivity contribution >= 4 is 37.8 Å². The van der Waals surface area contributed by atoms with Gasteiger partial charge in [0.05, 0.1) is 5.56 Å². The summed E-state index contributed by atoms with van der Waals surface area (Å²) < 4.78 is 14.2. The van der Waals surface area contributed by atoms with E-state index in [1.54, 1.807) is 6.07 Å². The summed E-state index contributed by atoms with van der Waals surface area (Å²) in [7, 11) is 0. The average Bonchev–Trinajstić information content (AvgIpc) is 2.37. The van der Waals surface area contributed by atoms with Crippen LogP contribution >= 0.6 is 31.9 Å². The predicted octanol–water partition coefficient (Wildman–Crippen LogP) is 4.52. The van der Waals surface area contributed by atoms with Gasteiger partial charge in [0.25, 0.3) is 5.91 Å². The lowest BCUT2D eigenvalue weighted by Crippen LogP contribution is -2.33. The summed E-state index contributed by atoms with van der Waals surface area (Å²) in [4.78, 5) is 12.1. The molecule has 5 heteroatoms. The van der Waals surface area contributed by atoms with Crippen LogP contribution in [0.15, 0.2) is 22.7 Å². The lowest BCUT2D eigenvalue weighted by atomic mass is 9.99. The van der Waals surface area contributed by atoms with Crippen LogP contribution in [0, 0.1) is 11.7 Å². The summed E-state index contributed by atoms with van der Waals surface area (Å²) in [6.45, 7) is 4.75. The highest BCUT2D eigenvalue weighted by Crippen LogP contribution is 2.20. The third-order valence-corrected chi connectivity index (χ3v) is 4.76. The van der Waals surface area contributed by atoms with E-state index in [0.717, 1.165) is 12.8 Å². The normalized spacial score (nSPS) is 12.5. The minimum absolute atomic E-state index is 0.0763. The van der Waals surface area contributed by atoms with E-state index in [4.69, 9.17) is 0 Å². The van der Waals surface area contributed by atoms with Gasteiger partial charge in [0.1, 0.15) is 5.82 Å². The van der Waals surface area contributed by atoms with Gasteiger partial charge in [0, 0.05) is 15.8 Å². The first-order valence-corrected chi connectivity index (χ1v) is 8.07. The summed E-state index contributed by atoms with van der Waals surface area (Å²) in [5.74, 6) is -0.379. The van der Waals surface area contributed by atoms with E-state index >= 15 is 0 Å². The Kier molecular flexibility index (Phi) is 7.00. The zero-order chi connectivity index (χ0) is 14.4. The number of rotatable bonds is 6. The molecule has 106 valence electrons. The highest BCUT2D eigenvalue weighted by molar-refractivity contribution is 9.10. The first kappa shape index (κ1) is 16.6. The van der Waals surface area contributed by atoms with Crippen LogP contribution in [0.4, 0.5) is 4.39 Å². The van der Waals surface area contributed by atoms with Crippen LogP contribution < -0.4 is 5.32 Å². The lowest BCUT2D eigenvalue weighted by Gasteiger charge is -2.20. The van der Waals surface area contributed by atoms with Gasteiger partial charge in [0.15, 0.2) is 0 Å². The maximum absolute atomic E-state index is 13.6. The molecular formula is C14H18Br2FNO. The molecule has 0 aliphatic rings. The van der Waals surface area contributed by atoms with E-state index in [9.17, 15) is 9.18 Å². The van der Waals surface area contributed by atoms with Crippen LogP contribution in [0.5, 0.6) is 0 Å². The molecule has 1 unspecified atom stereocenters. The second-order valence-corrected chi connectivity index (χ2v) is 6.52. The third kappa shape index (κ3) is 4.88. The van der Waals surface area contributed by atoms with Crippen molar-refractivity contribution in [3.63, 3.8) is 0 Å². The van der Waals surface area contributed by atoms with Gasteiger partial charge in [-0.3, -0.25) is 4.79 Å². The van der Waals surface area contributed by atoms with E-state index in [-0.39, 0.29) is 16.3 Å². The number of halogens is 3. The summed E-state index contributed by atoms with van der Waals surface area (Å²) in [6, 6.07) is 4.43. The molecule has 0 saturated carbocycles. The quantitative estimate of drug-likeness (QED) is 0.706. The van der Waals surface area contributed by atoms with Crippen molar-refractivity contribution in [1.29, 1.82) is 0 Å². The number of amides is 1. The molecule has 1 rings (SSSR count). The predicted molar refractivity (Wildman–Crippen MR) is 83.2 cm³/mol. The molecule has 1 aromatic rings. The van der Waals surface area contributed by atoms with Crippen LogP contribution in [-0.4, -0.2) is 17.3 Å². The Labute approximate surface area is 130 Å². The Morgan fingerprint density at radius 1 is 1.37 bits per heavy atom. The molecule has 19 heavy (non-hydrogen) atoms. The zero-order valence-electron chi connectivity index (χ0n) is 11.1. The molecule has 0 aromatic heterocycles. The summed E-state index contributed by atoms with van der Waals surface area (Å²) in [6.07, 6.45) is 2.10. The first-order chi connectivity index (χ1) is 8.99. The fraction of sp³-hybridized carbons (Fsp3) is 0.500. The van der Waals surface area contributed by atoms with E-state index in [0.29, 0.717) is 16.9 Å². The number of nitrogens with one attached hydrogen (secondary N) is 1. The van der Waals surface area contributed by atoms with E-state index in [1.165, 1.54) is 12.1 Å². The largest absolute Gasteiger partial charge is 0.351 e. The Hall–Kier alpha value is -0.420. The highest BCUT2D eigenvalue weighted by Gasteiger charge is 2.17. The summed E-state index contributed by atoms with van der Waals surface area (Å²) >= 11 is 6.75. The first-order valence-electron chi connectivity index (χ1n) is 6.36. The van der Waals surface area contributed by atoms with Gasteiger partial charge in [-0.2, -0.15) is 0 Å². The molecule has 2 nitrogen and oxygen atoms in total. The standard InChI is InChI=1S/C14H18Br2FNO/c1-3-9(4-2)12(16)8-18-14(19)11-6-5-10(15)7-13(11)17/h5-7,9,12H,3-4,8H2,1-2H3,(H,18,19). The van der Waals surface area contributed by atoms with E-state index < -0.39 is 5.82 Å². The Morgan fingerprint density at radius 3 is 2.53 bits per heavy atom.